The number of carbonyl (C=O) groups excluding carboxylic acids is 2. The van der Waals surface area contributed by atoms with Crippen LogP contribution in [0.4, 0.5) is 5.69 Å². The summed E-state index contributed by atoms with van der Waals surface area (Å²) < 4.78 is 5.79. The summed E-state index contributed by atoms with van der Waals surface area (Å²) in [4.78, 5) is 27.8. The van der Waals surface area contributed by atoms with E-state index in [1.807, 2.05) is 18.2 Å². The van der Waals surface area contributed by atoms with Gasteiger partial charge in [-0.2, -0.15) is 0 Å². The number of benzene rings is 1. The third kappa shape index (κ3) is 2.49. The van der Waals surface area contributed by atoms with Crippen molar-refractivity contribution in [1.29, 1.82) is 0 Å². The van der Waals surface area contributed by atoms with Gasteiger partial charge in [0.05, 0.1) is 5.41 Å². The summed E-state index contributed by atoms with van der Waals surface area (Å²) in [5, 5.41) is 0. The third-order valence-electron chi connectivity index (χ3n) is 7.26. The van der Waals surface area contributed by atoms with Gasteiger partial charge in [0.1, 0.15) is 0 Å². The van der Waals surface area contributed by atoms with Crippen LogP contribution in [-0.2, 0) is 20.7 Å². The second kappa shape index (κ2) is 5.83. The van der Waals surface area contributed by atoms with Crippen LogP contribution in [0.15, 0.2) is 24.3 Å². The van der Waals surface area contributed by atoms with Crippen LogP contribution < -0.4 is 4.90 Å². The molecule has 0 aromatic heterocycles. The topological polar surface area (TPSA) is 46.6 Å². The maximum atomic E-state index is 13.1. The Morgan fingerprint density at radius 2 is 1.69 bits per heavy atom. The molecule has 4 bridgehead atoms. The number of hydrogen-bond donors (Lipinski definition) is 0. The van der Waals surface area contributed by atoms with Gasteiger partial charge in [-0.3, -0.25) is 9.59 Å². The van der Waals surface area contributed by atoms with Gasteiger partial charge in [-0.05, 0) is 81.3 Å². The minimum Gasteiger partial charge on any atom is -0.452 e. The summed E-state index contributed by atoms with van der Waals surface area (Å²) >= 11 is 0. The van der Waals surface area contributed by atoms with Crippen molar-refractivity contribution < 1.29 is 14.3 Å². The molecule has 4 nitrogen and oxygen atoms in total. The molecule has 0 N–H and O–H groups in total. The lowest BCUT2D eigenvalue weighted by Gasteiger charge is -2.55. The molecule has 1 aliphatic heterocycles. The molecule has 4 saturated carbocycles. The fourth-order valence-corrected chi connectivity index (χ4v) is 6.48. The van der Waals surface area contributed by atoms with Gasteiger partial charge in [0.25, 0.3) is 5.91 Å². The smallest absolute Gasteiger partial charge is 0.312 e. The highest BCUT2D eigenvalue weighted by Gasteiger charge is 2.56. The fraction of sp³-hybridized carbons (Fsp3) is 0.636. The quantitative estimate of drug-likeness (QED) is 0.778. The number of esters is 1. The van der Waals surface area contributed by atoms with E-state index in [1.165, 1.54) is 24.8 Å². The third-order valence-corrected chi connectivity index (χ3v) is 7.26. The number of para-hydroxylation sites is 1. The summed E-state index contributed by atoms with van der Waals surface area (Å²) in [6.07, 6.45) is 6.99. The van der Waals surface area contributed by atoms with Crippen LogP contribution in [0.2, 0.25) is 0 Å². The lowest BCUT2D eigenvalue weighted by atomic mass is 9.49. The first-order valence-electron chi connectivity index (χ1n) is 10.1. The molecule has 138 valence electrons. The van der Waals surface area contributed by atoms with Crippen molar-refractivity contribution >= 4 is 17.6 Å². The van der Waals surface area contributed by atoms with Gasteiger partial charge in [-0.1, -0.05) is 18.2 Å². The Kier molecular flexibility index (Phi) is 3.67. The Balaban J connectivity index is 1.29. The zero-order valence-corrected chi connectivity index (χ0v) is 15.4. The highest BCUT2D eigenvalue weighted by molar-refractivity contribution is 5.99. The van der Waals surface area contributed by atoms with E-state index in [1.54, 1.807) is 11.8 Å². The average Bonchev–Trinajstić information content (AvgIpc) is 3.04. The van der Waals surface area contributed by atoms with Crippen LogP contribution in [0.25, 0.3) is 0 Å². The van der Waals surface area contributed by atoms with E-state index >= 15 is 0 Å². The van der Waals surface area contributed by atoms with Crippen molar-refractivity contribution in [1.82, 2.24) is 0 Å². The van der Waals surface area contributed by atoms with Crippen molar-refractivity contribution in [2.75, 3.05) is 11.4 Å². The number of anilines is 1. The lowest BCUT2D eigenvalue weighted by molar-refractivity contribution is -0.178. The Hall–Kier alpha value is -1.84. The number of rotatable bonds is 3. The van der Waals surface area contributed by atoms with Crippen molar-refractivity contribution in [2.45, 2.75) is 58.0 Å². The van der Waals surface area contributed by atoms with Crippen molar-refractivity contribution in [3.05, 3.63) is 29.8 Å². The van der Waals surface area contributed by atoms with Crippen molar-refractivity contribution in [2.24, 2.45) is 23.2 Å². The lowest BCUT2D eigenvalue weighted by Crippen LogP contribution is -2.52. The van der Waals surface area contributed by atoms with Gasteiger partial charge in [0, 0.05) is 12.2 Å². The van der Waals surface area contributed by atoms with E-state index in [0.29, 0.717) is 24.3 Å². The first-order chi connectivity index (χ1) is 12.5. The normalized spacial score (nSPS) is 35.3. The van der Waals surface area contributed by atoms with Crippen LogP contribution in [0, 0.1) is 23.2 Å². The summed E-state index contributed by atoms with van der Waals surface area (Å²) in [6, 6.07) is 8.00. The molecule has 1 heterocycles. The molecule has 4 aliphatic carbocycles. The fourth-order valence-electron chi connectivity index (χ4n) is 6.48. The summed E-state index contributed by atoms with van der Waals surface area (Å²) in [5.74, 6) is 1.90. The van der Waals surface area contributed by atoms with Crippen LogP contribution in [-0.4, -0.2) is 24.5 Å². The summed E-state index contributed by atoms with van der Waals surface area (Å²) in [7, 11) is 0. The van der Waals surface area contributed by atoms with Gasteiger partial charge in [-0.25, -0.2) is 0 Å². The highest BCUT2D eigenvalue weighted by atomic mass is 16.5. The van der Waals surface area contributed by atoms with E-state index < -0.39 is 6.10 Å². The van der Waals surface area contributed by atoms with Gasteiger partial charge < -0.3 is 9.64 Å². The summed E-state index contributed by atoms with van der Waals surface area (Å²) in [5.41, 5.74) is 1.86. The predicted molar refractivity (Wildman–Crippen MR) is 98.7 cm³/mol. The van der Waals surface area contributed by atoms with Crippen molar-refractivity contribution in [3.63, 3.8) is 0 Å². The zero-order chi connectivity index (χ0) is 17.9. The molecule has 0 saturated heterocycles. The van der Waals surface area contributed by atoms with E-state index in [-0.39, 0.29) is 17.3 Å². The van der Waals surface area contributed by atoms with Gasteiger partial charge in [-0.15, -0.1) is 0 Å². The van der Waals surface area contributed by atoms with Gasteiger partial charge >= 0.3 is 5.97 Å². The monoisotopic (exact) mass is 353 g/mol. The predicted octanol–water partition coefficient (Wildman–Crippen LogP) is 3.72. The number of ether oxygens (including phenoxy) is 1. The van der Waals surface area contributed by atoms with Gasteiger partial charge in [0.2, 0.25) is 0 Å². The second-order valence-electron chi connectivity index (χ2n) is 9.11. The molecule has 4 heteroatoms. The van der Waals surface area contributed by atoms with Crippen LogP contribution in [0.3, 0.4) is 0 Å². The Morgan fingerprint density at radius 1 is 1.08 bits per heavy atom. The van der Waals surface area contributed by atoms with Gasteiger partial charge in [0.15, 0.2) is 6.10 Å². The van der Waals surface area contributed by atoms with E-state index in [4.69, 9.17) is 4.74 Å². The van der Waals surface area contributed by atoms with Crippen molar-refractivity contribution in [3.8, 4) is 0 Å². The molecule has 1 aromatic rings. The second-order valence-corrected chi connectivity index (χ2v) is 9.11. The standard InChI is InChI=1S/C22H27NO3/c1-14(20(24)23-7-6-18-4-2-3-5-19(18)23)26-21(25)22-11-15-8-16(12-22)10-17(9-15)13-22/h2-5,14-17H,6-13H2,1H3. The minimum atomic E-state index is -0.707. The molecular formula is C22H27NO3. The molecule has 1 atom stereocenters. The van der Waals surface area contributed by atoms with E-state index in [2.05, 4.69) is 6.07 Å². The Morgan fingerprint density at radius 3 is 2.35 bits per heavy atom. The van der Waals surface area contributed by atoms with E-state index in [9.17, 15) is 9.59 Å². The molecule has 1 aromatic carbocycles. The zero-order valence-electron chi connectivity index (χ0n) is 15.4. The molecule has 4 fully saturated rings. The number of fused-ring (bicyclic) bond motifs is 1. The number of nitrogens with zero attached hydrogens (tertiary/aromatic N) is 1. The molecule has 0 spiro atoms. The number of carbonyl (C=O) groups is 2. The molecular weight excluding hydrogens is 326 g/mol. The maximum absolute atomic E-state index is 13.1. The molecule has 6 rings (SSSR count). The van der Waals surface area contributed by atoms with Crippen LogP contribution in [0.5, 0.6) is 0 Å². The maximum Gasteiger partial charge on any atom is 0.312 e. The van der Waals surface area contributed by atoms with Crippen LogP contribution in [0.1, 0.15) is 51.0 Å². The minimum absolute atomic E-state index is 0.0898. The Labute approximate surface area is 154 Å². The largest absolute Gasteiger partial charge is 0.452 e. The first kappa shape index (κ1) is 16.3. The molecule has 0 radical (unpaired) electrons. The molecule has 1 unspecified atom stereocenters. The Bertz CT molecular complexity index is 720. The number of amides is 1. The first-order valence-corrected chi connectivity index (χ1v) is 10.1. The molecule has 26 heavy (non-hydrogen) atoms. The molecule has 5 aliphatic rings. The number of hydrogen-bond acceptors (Lipinski definition) is 3. The summed E-state index contributed by atoms with van der Waals surface area (Å²) in [6.45, 7) is 2.42. The van der Waals surface area contributed by atoms with E-state index in [0.717, 1.165) is 31.4 Å². The SMILES string of the molecule is CC(OC(=O)C12CC3CC(CC(C3)C1)C2)C(=O)N1CCc2ccccc21. The van der Waals surface area contributed by atoms with Crippen LogP contribution >= 0.6 is 0 Å². The molecule has 1 amide bonds. The average molecular weight is 353 g/mol. The highest BCUT2D eigenvalue weighted by Crippen LogP contribution is 2.60.